The third-order valence-corrected chi connectivity index (χ3v) is 4.90. The van der Waals surface area contributed by atoms with E-state index in [2.05, 4.69) is 18.7 Å². The summed E-state index contributed by atoms with van der Waals surface area (Å²) in [7, 11) is 0. The van der Waals surface area contributed by atoms with Crippen LogP contribution in [0.2, 0.25) is 0 Å². The molecular weight excluding hydrogens is 294 g/mol. The quantitative estimate of drug-likeness (QED) is 0.416. The van der Waals surface area contributed by atoms with E-state index in [9.17, 15) is 4.79 Å². The minimum absolute atomic E-state index is 0.286. The maximum atomic E-state index is 12.2. The molecule has 1 amide bonds. The first-order valence-corrected chi connectivity index (χ1v) is 8.92. The Hall–Kier alpha value is -1.26. The molecule has 0 atom stereocenters. The lowest BCUT2D eigenvalue weighted by Crippen LogP contribution is -2.39. The van der Waals surface area contributed by atoms with Crippen LogP contribution in [-0.2, 0) is 9.53 Å². The van der Waals surface area contributed by atoms with Crippen LogP contribution in [-0.4, -0.2) is 42.9 Å². The Balaban J connectivity index is 1.61. The Kier molecular flexibility index (Phi) is 7.54. The molecule has 0 bridgehead atoms. The highest BCUT2D eigenvalue weighted by Gasteiger charge is 2.22. The summed E-state index contributed by atoms with van der Waals surface area (Å²) in [6, 6.07) is 10.2. The van der Waals surface area contributed by atoms with E-state index >= 15 is 0 Å². The van der Waals surface area contributed by atoms with Crippen LogP contribution in [0.15, 0.2) is 47.9 Å². The molecule has 1 aliphatic heterocycles. The molecule has 1 saturated heterocycles. The summed E-state index contributed by atoms with van der Waals surface area (Å²) in [5.74, 6) is 1.72. The molecule has 1 aromatic rings. The average Bonchev–Trinajstić information content (AvgIpc) is 2.56. The lowest BCUT2D eigenvalue weighted by atomic mass is 9.97. The first kappa shape index (κ1) is 17.1. The fraction of sp³-hybridized carbons (Fsp3) is 0.500. The number of hydrogen-bond acceptors (Lipinski definition) is 3. The summed E-state index contributed by atoms with van der Waals surface area (Å²) in [4.78, 5) is 15.5. The van der Waals surface area contributed by atoms with E-state index < -0.39 is 0 Å². The van der Waals surface area contributed by atoms with Crippen LogP contribution in [0.4, 0.5) is 0 Å². The van der Waals surface area contributed by atoms with E-state index in [1.807, 2.05) is 23.1 Å². The highest BCUT2D eigenvalue weighted by Crippen LogP contribution is 2.21. The molecule has 1 fully saturated rings. The molecule has 0 aliphatic carbocycles. The lowest BCUT2D eigenvalue weighted by Gasteiger charge is -2.31. The van der Waals surface area contributed by atoms with Crippen molar-refractivity contribution in [1.29, 1.82) is 0 Å². The van der Waals surface area contributed by atoms with Crippen LogP contribution in [0.5, 0.6) is 0 Å². The summed E-state index contributed by atoms with van der Waals surface area (Å²) in [5.41, 5.74) is 0. The van der Waals surface area contributed by atoms with Crippen LogP contribution in [0.25, 0.3) is 0 Å². The fourth-order valence-corrected chi connectivity index (χ4v) is 3.46. The molecule has 1 aliphatic rings. The maximum absolute atomic E-state index is 12.2. The van der Waals surface area contributed by atoms with Gasteiger partial charge >= 0.3 is 0 Å². The molecule has 1 heterocycles. The zero-order valence-corrected chi connectivity index (χ0v) is 13.9. The summed E-state index contributed by atoms with van der Waals surface area (Å²) in [6.07, 6.45) is 4.50. The van der Waals surface area contributed by atoms with E-state index in [0.29, 0.717) is 18.9 Å². The molecule has 0 saturated carbocycles. The predicted octanol–water partition coefficient (Wildman–Crippen LogP) is 3.61. The number of nitrogens with zero attached hydrogens (tertiary/aromatic N) is 1. The van der Waals surface area contributed by atoms with Gasteiger partial charge in [-0.15, -0.1) is 18.3 Å². The number of hydrogen-bond donors (Lipinski definition) is 0. The van der Waals surface area contributed by atoms with Crippen molar-refractivity contribution in [2.45, 2.75) is 24.2 Å². The molecule has 0 aromatic heterocycles. The average molecular weight is 319 g/mol. The lowest BCUT2D eigenvalue weighted by molar-refractivity contribution is -0.132. The topological polar surface area (TPSA) is 29.5 Å². The van der Waals surface area contributed by atoms with Crippen LogP contribution in [0.3, 0.4) is 0 Å². The Labute approximate surface area is 137 Å². The molecule has 2 rings (SSSR count). The van der Waals surface area contributed by atoms with Crippen LogP contribution in [0.1, 0.15) is 19.3 Å². The summed E-state index contributed by atoms with van der Waals surface area (Å²) < 4.78 is 5.51. The van der Waals surface area contributed by atoms with Crippen molar-refractivity contribution < 1.29 is 9.53 Å². The SMILES string of the molecule is C=CCOCC1CCN(C(=O)CCSc2ccccc2)CC1. The minimum atomic E-state index is 0.286. The standard InChI is InChI=1S/C18H25NO2S/c1-2-13-21-15-16-8-11-19(12-9-16)18(20)10-14-22-17-6-4-3-5-7-17/h2-7,16H,1,8-15H2. The van der Waals surface area contributed by atoms with Crippen molar-refractivity contribution in [3.05, 3.63) is 43.0 Å². The molecule has 22 heavy (non-hydrogen) atoms. The van der Waals surface area contributed by atoms with Gasteiger partial charge < -0.3 is 9.64 Å². The van der Waals surface area contributed by atoms with Gasteiger partial charge in [0.05, 0.1) is 6.61 Å². The predicted molar refractivity (Wildman–Crippen MR) is 92.1 cm³/mol. The number of likely N-dealkylation sites (tertiary alicyclic amines) is 1. The first-order chi connectivity index (χ1) is 10.8. The highest BCUT2D eigenvalue weighted by molar-refractivity contribution is 7.99. The number of amides is 1. The third kappa shape index (κ3) is 5.85. The van der Waals surface area contributed by atoms with E-state index in [1.54, 1.807) is 17.8 Å². The largest absolute Gasteiger partial charge is 0.377 e. The zero-order chi connectivity index (χ0) is 15.6. The second-order valence-electron chi connectivity index (χ2n) is 5.56. The number of thioether (sulfide) groups is 1. The smallest absolute Gasteiger partial charge is 0.223 e. The van der Waals surface area contributed by atoms with Crippen LogP contribution >= 0.6 is 11.8 Å². The second kappa shape index (κ2) is 9.70. The van der Waals surface area contributed by atoms with Crippen LogP contribution in [0, 0.1) is 5.92 Å². The molecule has 0 spiro atoms. The molecule has 4 heteroatoms. The van der Waals surface area contributed by atoms with Crippen molar-refractivity contribution in [2.75, 3.05) is 32.1 Å². The van der Waals surface area contributed by atoms with Gasteiger partial charge in [-0.2, -0.15) is 0 Å². The molecular formula is C18H25NO2S. The van der Waals surface area contributed by atoms with E-state index in [1.165, 1.54) is 4.90 Å². The molecule has 120 valence electrons. The number of carbonyl (C=O) groups excluding carboxylic acids is 1. The molecule has 0 unspecified atom stereocenters. The first-order valence-electron chi connectivity index (χ1n) is 7.94. The minimum Gasteiger partial charge on any atom is -0.377 e. The van der Waals surface area contributed by atoms with Crippen molar-refractivity contribution >= 4 is 17.7 Å². The van der Waals surface area contributed by atoms with Crippen LogP contribution < -0.4 is 0 Å². The van der Waals surface area contributed by atoms with Gasteiger partial charge in [-0.1, -0.05) is 24.3 Å². The Bertz CT molecular complexity index is 455. The number of benzene rings is 1. The number of ether oxygens (including phenoxy) is 1. The van der Waals surface area contributed by atoms with E-state index in [-0.39, 0.29) is 5.91 Å². The van der Waals surface area contributed by atoms with Gasteiger partial charge in [-0.05, 0) is 30.9 Å². The molecule has 0 N–H and O–H groups in total. The molecule has 0 radical (unpaired) electrons. The number of piperidine rings is 1. The van der Waals surface area contributed by atoms with Gasteiger partial charge in [0.1, 0.15) is 0 Å². The van der Waals surface area contributed by atoms with Gasteiger partial charge in [0.25, 0.3) is 0 Å². The summed E-state index contributed by atoms with van der Waals surface area (Å²) in [6.45, 7) is 6.80. The Morgan fingerprint density at radius 2 is 2.05 bits per heavy atom. The fourth-order valence-electron chi connectivity index (χ4n) is 2.60. The Morgan fingerprint density at radius 1 is 1.32 bits per heavy atom. The summed E-state index contributed by atoms with van der Waals surface area (Å²) >= 11 is 1.75. The Morgan fingerprint density at radius 3 is 2.73 bits per heavy atom. The van der Waals surface area contributed by atoms with E-state index in [0.717, 1.165) is 38.3 Å². The number of carbonyl (C=O) groups is 1. The summed E-state index contributed by atoms with van der Waals surface area (Å²) in [5, 5.41) is 0. The molecule has 1 aromatic carbocycles. The second-order valence-corrected chi connectivity index (χ2v) is 6.73. The van der Waals surface area contributed by atoms with Crippen molar-refractivity contribution in [3.63, 3.8) is 0 Å². The number of rotatable bonds is 8. The van der Waals surface area contributed by atoms with Crippen molar-refractivity contribution in [1.82, 2.24) is 4.90 Å². The van der Waals surface area contributed by atoms with Gasteiger partial charge in [0, 0.05) is 36.8 Å². The third-order valence-electron chi connectivity index (χ3n) is 3.88. The normalized spacial score (nSPS) is 15.7. The van der Waals surface area contributed by atoms with Crippen molar-refractivity contribution in [3.8, 4) is 0 Å². The zero-order valence-electron chi connectivity index (χ0n) is 13.1. The van der Waals surface area contributed by atoms with Crippen molar-refractivity contribution in [2.24, 2.45) is 5.92 Å². The van der Waals surface area contributed by atoms with Gasteiger partial charge in [0.2, 0.25) is 5.91 Å². The van der Waals surface area contributed by atoms with Gasteiger partial charge in [-0.3, -0.25) is 4.79 Å². The molecule has 3 nitrogen and oxygen atoms in total. The van der Waals surface area contributed by atoms with Gasteiger partial charge in [-0.25, -0.2) is 0 Å². The highest BCUT2D eigenvalue weighted by atomic mass is 32.2. The van der Waals surface area contributed by atoms with Gasteiger partial charge in [0.15, 0.2) is 0 Å². The monoisotopic (exact) mass is 319 g/mol. The van der Waals surface area contributed by atoms with E-state index in [4.69, 9.17) is 4.74 Å². The maximum Gasteiger partial charge on any atom is 0.223 e.